The molecule has 4 heteroatoms. The second-order valence-electron chi connectivity index (χ2n) is 6.75. The topological polar surface area (TPSA) is 64.9 Å². The van der Waals surface area contributed by atoms with E-state index in [1.807, 2.05) is 19.9 Å². The van der Waals surface area contributed by atoms with Gasteiger partial charge in [-0.1, -0.05) is 13.3 Å². The Morgan fingerprint density at radius 1 is 1.38 bits per heavy atom. The minimum atomic E-state index is -0.278. The number of nitriles is 1. The maximum atomic E-state index is 12.0. The Labute approximate surface area is 128 Å². The normalized spacial score (nSPS) is 30.6. The van der Waals surface area contributed by atoms with Crippen molar-refractivity contribution in [3.05, 3.63) is 11.8 Å². The molecule has 21 heavy (non-hydrogen) atoms. The van der Waals surface area contributed by atoms with Crippen LogP contribution >= 0.6 is 0 Å². The Hall–Kier alpha value is -1.50. The van der Waals surface area contributed by atoms with Gasteiger partial charge >= 0.3 is 0 Å². The number of rotatable bonds is 6. The van der Waals surface area contributed by atoms with E-state index in [2.05, 4.69) is 17.6 Å². The first-order valence-electron chi connectivity index (χ1n) is 8.22. The van der Waals surface area contributed by atoms with Gasteiger partial charge in [0.05, 0.1) is 0 Å². The summed E-state index contributed by atoms with van der Waals surface area (Å²) in [5.74, 6) is 2.17. The number of nitrogens with one attached hydrogen (secondary N) is 2. The lowest BCUT2D eigenvalue weighted by Gasteiger charge is -2.28. The minimum Gasteiger partial charge on any atom is -0.387 e. The summed E-state index contributed by atoms with van der Waals surface area (Å²) in [5, 5.41) is 15.3. The van der Waals surface area contributed by atoms with Crippen LogP contribution in [0.25, 0.3) is 0 Å². The van der Waals surface area contributed by atoms with Gasteiger partial charge in [-0.2, -0.15) is 5.26 Å². The molecule has 0 aliphatic heterocycles. The van der Waals surface area contributed by atoms with E-state index in [-0.39, 0.29) is 17.5 Å². The van der Waals surface area contributed by atoms with Gasteiger partial charge < -0.3 is 10.6 Å². The van der Waals surface area contributed by atoms with Crippen LogP contribution in [0.15, 0.2) is 11.8 Å². The fourth-order valence-electron chi connectivity index (χ4n) is 3.80. The van der Waals surface area contributed by atoms with E-state index in [1.165, 1.54) is 25.7 Å². The van der Waals surface area contributed by atoms with Crippen LogP contribution in [0.3, 0.4) is 0 Å². The molecule has 0 aromatic carbocycles. The van der Waals surface area contributed by atoms with E-state index in [0.29, 0.717) is 12.0 Å². The molecule has 2 saturated carbocycles. The molecule has 2 rings (SSSR count). The summed E-state index contributed by atoms with van der Waals surface area (Å²) in [6.07, 6.45) is 7.89. The molecule has 5 unspecified atom stereocenters. The van der Waals surface area contributed by atoms with Gasteiger partial charge in [0, 0.05) is 18.3 Å². The lowest BCUT2D eigenvalue weighted by Crippen LogP contribution is -2.36. The summed E-state index contributed by atoms with van der Waals surface area (Å²) in [6.45, 7) is 6.12. The SMILES string of the molecule is CCC(C)NC(=O)/C(C#N)=C\NC(C)C1CC2CCC1C2. The molecule has 5 atom stereocenters. The van der Waals surface area contributed by atoms with Crippen LogP contribution in [0.1, 0.15) is 52.9 Å². The van der Waals surface area contributed by atoms with Crippen molar-refractivity contribution in [2.45, 2.75) is 65.0 Å². The Bertz CT molecular complexity index is 451. The number of nitrogens with zero attached hydrogens (tertiary/aromatic N) is 1. The Kier molecular flexibility index (Phi) is 5.27. The zero-order valence-corrected chi connectivity index (χ0v) is 13.4. The second-order valence-corrected chi connectivity index (χ2v) is 6.75. The molecule has 0 saturated heterocycles. The lowest BCUT2D eigenvalue weighted by atomic mass is 9.84. The third-order valence-corrected chi connectivity index (χ3v) is 5.28. The Morgan fingerprint density at radius 2 is 2.14 bits per heavy atom. The summed E-state index contributed by atoms with van der Waals surface area (Å²) in [5.41, 5.74) is 0.172. The van der Waals surface area contributed by atoms with Gasteiger partial charge in [0.1, 0.15) is 11.6 Å². The van der Waals surface area contributed by atoms with Crippen LogP contribution in [-0.2, 0) is 4.79 Å². The van der Waals surface area contributed by atoms with Crippen LogP contribution in [0, 0.1) is 29.1 Å². The monoisotopic (exact) mass is 289 g/mol. The molecule has 4 nitrogen and oxygen atoms in total. The number of hydrogen-bond donors (Lipinski definition) is 2. The third kappa shape index (κ3) is 3.78. The molecule has 0 heterocycles. The van der Waals surface area contributed by atoms with Crippen molar-refractivity contribution in [2.24, 2.45) is 17.8 Å². The molecule has 0 aromatic heterocycles. The lowest BCUT2D eigenvalue weighted by molar-refractivity contribution is -0.117. The van der Waals surface area contributed by atoms with Crippen LogP contribution in [0.4, 0.5) is 0 Å². The summed E-state index contributed by atoms with van der Waals surface area (Å²) >= 11 is 0. The fraction of sp³-hybridized carbons (Fsp3) is 0.765. The van der Waals surface area contributed by atoms with Crippen molar-refractivity contribution >= 4 is 5.91 Å². The van der Waals surface area contributed by atoms with Gasteiger partial charge in [0.2, 0.25) is 0 Å². The van der Waals surface area contributed by atoms with Crippen molar-refractivity contribution in [3.8, 4) is 6.07 Å². The number of carbonyl (C=O) groups is 1. The van der Waals surface area contributed by atoms with Crippen molar-refractivity contribution in [1.29, 1.82) is 5.26 Å². The molecule has 0 spiro atoms. The van der Waals surface area contributed by atoms with Crippen LogP contribution in [-0.4, -0.2) is 18.0 Å². The maximum absolute atomic E-state index is 12.0. The third-order valence-electron chi connectivity index (χ3n) is 5.28. The Morgan fingerprint density at radius 3 is 2.67 bits per heavy atom. The zero-order chi connectivity index (χ0) is 15.4. The smallest absolute Gasteiger partial charge is 0.263 e. The van der Waals surface area contributed by atoms with Crippen molar-refractivity contribution in [3.63, 3.8) is 0 Å². The van der Waals surface area contributed by atoms with E-state index in [4.69, 9.17) is 5.26 Å². The number of hydrogen-bond acceptors (Lipinski definition) is 3. The molecular formula is C17H27N3O. The summed E-state index contributed by atoms with van der Waals surface area (Å²) in [6, 6.07) is 2.43. The van der Waals surface area contributed by atoms with Crippen molar-refractivity contribution in [1.82, 2.24) is 10.6 Å². The number of carbonyl (C=O) groups excluding carboxylic acids is 1. The van der Waals surface area contributed by atoms with Gasteiger partial charge in [-0.3, -0.25) is 4.79 Å². The molecule has 2 aliphatic carbocycles. The van der Waals surface area contributed by atoms with Crippen LogP contribution in [0.2, 0.25) is 0 Å². The van der Waals surface area contributed by atoms with E-state index < -0.39 is 0 Å². The van der Waals surface area contributed by atoms with Gasteiger partial charge in [0.25, 0.3) is 5.91 Å². The first-order valence-corrected chi connectivity index (χ1v) is 8.22. The van der Waals surface area contributed by atoms with Gasteiger partial charge in [0.15, 0.2) is 0 Å². The highest BCUT2D eigenvalue weighted by Gasteiger charge is 2.41. The van der Waals surface area contributed by atoms with Gasteiger partial charge in [-0.15, -0.1) is 0 Å². The standard InChI is InChI=1S/C17H27N3O/c1-4-11(2)20-17(21)15(9-18)10-19-12(3)16-8-13-5-6-14(16)7-13/h10-14,16,19H,4-8H2,1-3H3,(H,20,21)/b15-10-. The van der Waals surface area contributed by atoms with E-state index in [9.17, 15) is 4.79 Å². The first-order chi connectivity index (χ1) is 10.0. The van der Waals surface area contributed by atoms with Gasteiger partial charge in [-0.25, -0.2) is 0 Å². The molecule has 2 bridgehead atoms. The largest absolute Gasteiger partial charge is 0.387 e. The molecule has 0 aromatic rings. The maximum Gasteiger partial charge on any atom is 0.263 e. The minimum absolute atomic E-state index is 0.0947. The van der Waals surface area contributed by atoms with Crippen molar-refractivity contribution < 1.29 is 4.79 Å². The highest BCUT2D eigenvalue weighted by atomic mass is 16.1. The number of amides is 1. The molecular weight excluding hydrogens is 262 g/mol. The fourth-order valence-corrected chi connectivity index (χ4v) is 3.80. The van der Waals surface area contributed by atoms with Crippen LogP contribution < -0.4 is 10.6 Å². The number of fused-ring (bicyclic) bond motifs is 2. The highest BCUT2D eigenvalue weighted by molar-refractivity contribution is 5.97. The molecule has 0 radical (unpaired) electrons. The average molecular weight is 289 g/mol. The average Bonchev–Trinajstić information content (AvgIpc) is 3.10. The Balaban J connectivity index is 1.88. The van der Waals surface area contributed by atoms with Crippen molar-refractivity contribution in [2.75, 3.05) is 0 Å². The second kappa shape index (κ2) is 6.98. The first kappa shape index (κ1) is 15.9. The summed E-state index contributed by atoms with van der Waals surface area (Å²) < 4.78 is 0. The zero-order valence-electron chi connectivity index (χ0n) is 13.4. The highest BCUT2D eigenvalue weighted by Crippen LogP contribution is 2.49. The van der Waals surface area contributed by atoms with Crippen LogP contribution in [0.5, 0.6) is 0 Å². The summed E-state index contributed by atoms with van der Waals surface area (Å²) in [7, 11) is 0. The predicted molar refractivity (Wildman–Crippen MR) is 83.1 cm³/mol. The predicted octanol–water partition coefficient (Wildman–Crippen LogP) is 2.72. The van der Waals surface area contributed by atoms with E-state index >= 15 is 0 Å². The molecule has 2 aliphatic rings. The quantitative estimate of drug-likeness (QED) is 0.583. The van der Waals surface area contributed by atoms with E-state index in [0.717, 1.165) is 18.3 Å². The summed E-state index contributed by atoms with van der Waals surface area (Å²) in [4.78, 5) is 12.0. The molecule has 2 fully saturated rings. The van der Waals surface area contributed by atoms with E-state index in [1.54, 1.807) is 6.20 Å². The molecule has 2 N–H and O–H groups in total. The van der Waals surface area contributed by atoms with Gasteiger partial charge in [-0.05, 0) is 57.3 Å². The molecule has 1 amide bonds. The molecule has 116 valence electrons.